The second-order valence-electron chi connectivity index (χ2n) is 4.22. The molecule has 1 aromatic rings. The van der Waals surface area contributed by atoms with E-state index in [9.17, 15) is 4.79 Å². The monoisotopic (exact) mass is 240 g/mol. The van der Waals surface area contributed by atoms with Crippen molar-refractivity contribution in [3.8, 4) is 0 Å². The number of pyridine rings is 1. The van der Waals surface area contributed by atoms with Gasteiger partial charge in [0.2, 0.25) is 0 Å². The van der Waals surface area contributed by atoms with E-state index in [1.807, 2.05) is 6.92 Å². The van der Waals surface area contributed by atoms with Crippen molar-refractivity contribution >= 4 is 23.3 Å². The van der Waals surface area contributed by atoms with Gasteiger partial charge < -0.3 is 10.7 Å². The number of nitrogens with two attached hydrogens (primary N) is 1. The minimum absolute atomic E-state index is 0.0524. The van der Waals surface area contributed by atoms with E-state index >= 15 is 0 Å². The Morgan fingerprint density at radius 3 is 2.81 bits per heavy atom. The van der Waals surface area contributed by atoms with Crippen molar-refractivity contribution in [1.29, 1.82) is 0 Å². The van der Waals surface area contributed by atoms with E-state index in [1.54, 1.807) is 6.07 Å². The number of amides is 1. The lowest BCUT2D eigenvalue weighted by atomic mass is 10.2. The first-order valence-electron chi connectivity index (χ1n) is 4.99. The molecule has 0 aliphatic heterocycles. The molecule has 4 N–H and O–H groups in total. The number of hydrogen-bond acceptors (Lipinski definition) is 4. The number of carbonyl (C=O) groups is 1. The van der Waals surface area contributed by atoms with Crippen LogP contribution in [-0.4, -0.2) is 16.4 Å². The minimum Gasteiger partial charge on any atom is -0.347 e. The Hall–Kier alpha value is -1.33. The molecular weight excluding hydrogens is 228 g/mol. The van der Waals surface area contributed by atoms with Crippen molar-refractivity contribution in [2.45, 2.75) is 25.3 Å². The van der Waals surface area contributed by atoms with Gasteiger partial charge in [0, 0.05) is 11.1 Å². The van der Waals surface area contributed by atoms with E-state index in [-0.39, 0.29) is 16.6 Å². The Balaban J connectivity index is 2.18. The van der Waals surface area contributed by atoms with Crippen LogP contribution in [0, 0.1) is 0 Å². The highest BCUT2D eigenvalue weighted by Gasteiger charge is 2.38. The lowest BCUT2D eigenvalue weighted by molar-refractivity contribution is 0.0935. The van der Waals surface area contributed by atoms with Crippen LogP contribution >= 0.6 is 11.6 Å². The van der Waals surface area contributed by atoms with Gasteiger partial charge in [-0.1, -0.05) is 11.6 Å². The Morgan fingerprint density at radius 2 is 2.25 bits per heavy atom. The van der Waals surface area contributed by atoms with E-state index in [0.29, 0.717) is 11.4 Å². The van der Waals surface area contributed by atoms with Gasteiger partial charge in [0.1, 0.15) is 11.0 Å². The van der Waals surface area contributed by atoms with Crippen LogP contribution in [0.3, 0.4) is 0 Å². The van der Waals surface area contributed by atoms with E-state index in [2.05, 4.69) is 15.7 Å². The average Bonchev–Trinajstić information content (AvgIpc) is 2.95. The van der Waals surface area contributed by atoms with Gasteiger partial charge >= 0.3 is 0 Å². The summed E-state index contributed by atoms with van der Waals surface area (Å²) in [5.41, 5.74) is 2.77. The van der Waals surface area contributed by atoms with Crippen molar-refractivity contribution < 1.29 is 4.79 Å². The van der Waals surface area contributed by atoms with Gasteiger partial charge in [-0.2, -0.15) is 0 Å². The second kappa shape index (κ2) is 3.92. The molecule has 0 unspecified atom stereocenters. The van der Waals surface area contributed by atoms with Crippen LogP contribution < -0.4 is 16.6 Å². The van der Waals surface area contributed by atoms with E-state index in [0.717, 1.165) is 12.8 Å². The first-order valence-corrected chi connectivity index (χ1v) is 5.37. The average molecular weight is 241 g/mol. The summed E-state index contributed by atoms with van der Waals surface area (Å²) in [5.74, 6) is 5.45. The number of nitrogens with one attached hydrogen (secondary N) is 2. The predicted octanol–water partition coefficient (Wildman–Crippen LogP) is 1.30. The molecule has 5 nitrogen and oxygen atoms in total. The fraction of sp³-hybridized carbons (Fsp3) is 0.400. The molecule has 2 rings (SSSR count). The molecule has 1 fully saturated rings. The topological polar surface area (TPSA) is 80.0 Å². The molecule has 86 valence electrons. The van der Waals surface area contributed by atoms with E-state index in [4.69, 9.17) is 17.4 Å². The molecule has 0 aromatic carbocycles. The van der Waals surface area contributed by atoms with Crippen molar-refractivity contribution in [3.05, 3.63) is 22.8 Å². The van der Waals surface area contributed by atoms with Gasteiger partial charge in [0.05, 0.1) is 0 Å². The van der Waals surface area contributed by atoms with Crippen LogP contribution in [0.15, 0.2) is 12.1 Å². The maximum atomic E-state index is 11.9. The number of halogens is 1. The predicted molar refractivity (Wildman–Crippen MR) is 62.2 cm³/mol. The van der Waals surface area contributed by atoms with Crippen LogP contribution in [0.4, 0.5) is 5.82 Å². The Morgan fingerprint density at radius 1 is 1.56 bits per heavy atom. The maximum Gasteiger partial charge on any atom is 0.251 e. The molecule has 6 heteroatoms. The quantitative estimate of drug-likeness (QED) is 0.423. The number of hydrazine groups is 1. The van der Waals surface area contributed by atoms with Crippen molar-refractivity contribution in [2.75, 3.05) is 5.43 Å². The van der Waals surface area contributed by atoms with Gasteiger partial charge in [-0.05, 0) is 31.9 Å². The highest BCUT2D eigenvalue weighted by atomic mass is 35.5. The second-order valence-corrected chi connectivity index (χ2v) is 4.61. The van der Waals surface area contributed by atoms with Crippen LogP contribution in [0.1, 0.15) is 30.1 Å². The molecule has 0 saturated heterocycles. The van der Waals surface area contributed by atoms with Gasteiger partial charge in [-0.25, -0.2) is 10.8 Å². The maximum absolute atomic E-state index is 11.9. The lowest BCUT2D eigenvalue weighted by Crippen LogP contribution is -2.34. The minimum atomic E-state index is -0.152. The van der Waals surface area contributed by atoms with Crippen molar-refractivity contribution in [2.24, 2.45) is 5.84 Å². The summed E-state index contributed by atoms with van der Waals surface area (Å²) in [6, 6.07) is 3.08. The largest absolute Gasteiger partial charge is 0.347 e. The summed E-state index contributed by atoms with van der Waals surface area (Å²) >= 11 is 5.77. The van der Waals surface area contributed by atoms with Crippen LogP contribution in [0.2, 0.25) is 5.15 Å². The normalized spacial score (nSPS) is 16.7. The molecule has 1 heterocycles. The highest BCUT2D eigenvalue weighted by Crippen LogP contribution is 2.34. The third-order valence-corrected chi connectivity index (χ3v) is 2.81. The summed E-state index contributed by atoms with van der Waals surface area (Å²) in [6.07, 6.45) is 2.03. The van der Waals surface area contributed by atoms with Gasteiger partial charge in [0.25, 0.3) is 5.91 Å². The molecular formula is C10H13ClN4O. The van der Waals surface area contributed by atoms with Gasteiger partial charge in [0.15, 0.2) is 0 Å². The highest BCUT2D eigenvalue weighted by molar-refractivity contribution is 6.29. The Bertz CT molecular complexity index is 431. The molecule has 0 spiro atoms. The number of hydrogen-bond donors (Lipinski definition) is 3. The molecule has 1 amide bonds. The van der Waals surface area contributed by atoms with Crippen molar-refractivity contribution in [1.82, 2.24) is 10.3 Å². The standard InChI is InChI=1S/C10H13ClN4O/c1-10(2-3-10)14-9(16)6-4-7(11)13-8(5-6)15-12/h4-5H,2-3,12H2,1H3,(H,13,15)(H,14,16). The van der Waals surface area contributed by atoms with Crippen LogP contribution in [-0.2, 0) is 0 Å². The summed E-state index contributed by atoms with van der Waals surface area (Å²) in [5, 5.41) is 3.17. The molecule has 0 atom stereocenters. The SMILES string of the molecule is CC1(NC(=O)c2cc(Cl)nc(NN)c2)CC1. The van der Waals surface area contributed by atoms with Crippen LogP contribution in [0.5, 0.6) is 0 Å². The number of rotatable bonds is 3. The lowest BCUT2D eigenvalue weighted by Gasteiger charge is -2.12. The Labute approximate surface area is 98.3 Å². The third kappa shape index (κ3) is 2.43. The molecule has 0 radical (unpaired) electrons. The first kappa shape index (κ1) is 11.2. The molecule has 1 saturated carbocycles. The molecule has 1 aliphatic carbocycles. The molecule has 16 heavy (non-hydrogen) atoms. The zero-order valence-electron chi connectivity index (χ0n) is 8.88. The first-order chi connectivity index (χ1) is 7.52. The molecule has 1 aliphatic rings. The smallest absolute Gasteiger partial charge is 0.251 e. The Kier molecular flexibility index (Phi) is 2.73. The number of anilines is 1. The fourth-order valence-corrected chi connectivity index (χ4v) is 1.57. The van der Waals surface area contributed by atoms with Gasteiger partial charge in [-0.3, -0.25) is 4.79 Å². The zero-order valence-corrected chi connectivity index (χ0v) is 9.64. The molecule has 1 aromatic heterocycles. The summed E-state index contributed by atoms with van der Waals surface area (Å²) in [4.78, 5) is 15.8. The summed E-state index contributed by atoms with van der Waals surface area (Å²) in [7, 11) is 0. The third-order valence-electron chi connectivity index (χ3n) is 2.62. The number of carbonyl (C=O) groups excluding carboxylic acids is 1. The van der Waals surface area contributed by atoms with Crippen molar-refractivity contribution in [3.63, 3.8) is 0 Å². The summed E-state index contributed by atoms with van der Waals surface area (Å²) in [6.45, 7) is 2.01. The number of nitrogen functional groups attached to an aromatic ring is 1. The summed E-state index contributed by atoms with van der Waals surface area (Å²) < 4.78 is 0. The number of nitrogens with zero attached hydrogens (tertiary/aromatic N) is 1. The van der Waals surface area contributed by atoms with Crippen LogP contribution in [0.25, 0.3) is 0 Å². The van der Waals surface area contributed by atoms with E-state index < -0.39 is 0 Å². The van der Waals surface area contributed by atoms with E-state index in [1.165, 1.54) is 6.07 Å². The number of aromatic nitrogens is 1. The van der Waals surface area contributed by atoms with Gasteiger partial charge in [-0.15, -0.1) is 0 Å². The molecule has 0 bridgehead atoms. The fourth-order valence-electron chi connectivity index (χ4n) is 1.36. The zero-order chi connectivity index (χ0) is 11.8.